The maximum Gasteiger partial charge on any atom is 0.252 e. The first-order valence-corrected chi connectivity index (χ1v) is 6.39. The van der Waals surface area contributed by atoms with Crippen molar-refractivity contribution < 1.29 is 14.3 Å². The number of ether oxygens (including phenoxy) is 2. The molecule has 2 aliphatic rings. The number of amides is 1. The van der Waals surface area contributed by atoms with Crippen LogP contribution in [0.4, 0.5) is 0 Å². The Morgan fingerprint density at radius 3 is 2.76 bits per heavy atom. The van der Waals surface area contributed by atoms with Crippen LogP contribution in [0.1, 0.15) is 26.7 Å². The Morgan fingerprint density at radius 1 is 1.41 bits per heavy atom. The Morgan fingerprint density at radius 2 is 2.18 bits per heavy atom. The van der Waals surface area contributed by atoms with Crippen LogP contribution in [0.2, 0.25) is 0 Å². The summed E-state index contributed by atoms with van der Waals surface area (Å²) >= 11 is 0. The lowest BCUT2D eigenvalue weighted by Crippen LogP contribution is -2.55. The van der Waals surface area contributed by atoms with Crippen molar-refractivity contribution in [1.82, 2.24) is 4.90 Å². The average Bonchev–Trinajstić information content (AvgIpc) is 2.76. The standard InChI is InChI=1S/C12H22N2O3/c1-8-7-16-10(5-13)6-14(8)12(15)11-4-3-9(2)17-11/h8-11H,3-7,13H2,1-2H3. The van der Waals surface area contributed by atoms with E-state index in [2.05, 4.69) is 0 Å². The minimum absolute atomic E-state index is 0.0334. The van der Waals surface area contributed by atoms with Gasteiger partial charge in [-0.05, 0) is 26.7 Å². The zero-order valence-electron chi connectivity index (χ0n) is 10.6. The van der Waals surface area contributed by atoms with Gasteiger partial charge < -0.3 is 20.1 Å². The Labute approximate surface area is 102 Å². The van der Waals surface area contributed by atoms with Crippen LogP contribution >= 0.6 is 0 Å². The van der Waals surface area contributed by atoms with Crippen LogP contribution < -0.4 is 5.73 Å². The summed E-state index contributed by atoms with van der Waals surface area (Å²) in [7, 11) is 0. The van der Waals surface area contributed by atoms with Crippen LogP contribution in [0, 0.1) is 0 Å². The molecule has 0 aromatic carbocycles. The number of carbonyl (C=O) groups is 1. The molecular formula is C12H22N2O3. The Bertz CT molecular complexity index is 285. The van der Waals surface area contributed by atoms with Gasteiger partial charge in [0.25, 0.3) is 5.91 Å². The zero-order valence-corrected chi connectivity index (χ0v) is 10.6. The molecule has 2 heterocycles. The predicted octanol–water partition coefficient (Wildman–Crippen LogP) is 0.129. The monoisotopic (exact) mass is 242 g/mol. The molecule has 5 nitrogen and oxygen atoms in total. The molecule has 2 aliphatic heterocycles. The van der Waals surface area contributed by atoms with Gasteiger partial charge in [-0.2, -0.15) is 0 Å². The van der Waals surface area contributed by atoms with Gasteiger partial charge in [0, 0.05) is 13.1 Å². The van der Waals surface area contributed by atoms with Gasteiger partial charge >= 0.3 is 0 Å². The molecule has 0 radical (unpaired) electrons. The lowest BCUT2D eigenvalue weighted by atomic mass is 10.1. The molecule has 5 heteroatoms. The largest absolute Gasteiger partial charge is 0.373 e. The van der Waals surface area contributed by atoms with E-state index in [1.807, 2.05) is 18.7 Å². The quantitative estimate of drug-likeness (QED) is 0.747. The highest BCUT2D eigenvalue weighted by atomic mass is 16.5. The van der Waals surface area contributed by atoms with Crippen LogP contribution in [0.25, 0.3) is 0 Å². The van der Waals surface area contributed by atoms with E-state index in [0.717, 1.165) is 12.8 Å². The molecule has 0 spiro atoms. The van der Waals surface area contributed by atoms with Gasteiger partial charge in [0.2, 0.25) is 0 Å². The lowest BCUT2D eigenvalue weighted by molar-refractivity contribution is -0.154. The summed E-state index contributed by atoms with van der Waals surface area (Å²) in [5.74, 6) is 0.101. The van der Waals surface area contributed by atoms with Crippen LogP contribution in [-0.2, 0) is 14.3 Å². The van der Waals surface area contributed by atoms with Crippen LogP contribution in [0.3, 0.4) is 0 Å². The van der Waals surface area contributed by atoms with Crippen molar-refractivity contribution in [3.63, 3.8) is 0 Å². The highest BCUT2D eigenvalue weighted by molar-refractivity contribution is 5.81. The van der Waals surface area contributed by atoms with E-state index in [1.54, 1.807) is 0 Å². The second-order valence-corrected chi connectivity index (χ2v) is 5.04. The van der Waals surface area contributed by atoms with E-state index in [4.69, 9.17) is 15.2 Å². The first-order chi connectivity index (χ1) is 8.11. The number of nitrogens with zero attached hydrogens (tertiary/aromatic N) is 1. The normalized spacial score (nSPS) is 38.4. The van der Waals surface area contributed by atoms with Crippen molar-refractivity contribution in [2.45, 2.75) is 51.0 Å². The molecule has 0 aliphatic carbocycles. The summed E-state index contributed by atoms with van der Waals surface area (Å²) in [5.41, 5.74) is 5.59. The number of hydrogen-bond donors (Lipinski definition) is 1. The topological polar surface area (TPSA) is 64.8 Å². The Hall–Kier alpha value is -0.650. The third-order valence-corrected chi connectivity index (χ3v) is 3.56. The first kappa shape index (κ1) is 12.8. The lowest BCUT2D eigenvalue weighted by Gasteiger charge is -2.38. The predicted molar refractivity (Wildman–Crippen MR) is 63.5 cm³/mol. The average molecular weight is 242 g/mol. The summed E-state index contributed by atoms with van der Waals surface area (Å²) < 4.78 is 11.2. The summed E-state index contributed by atoms with van der Waals surface area (Å²) in [6.45, 7) is 5.63. The second-order valence-electron chi connectivity index (χ2n) is 5.04. The van der Waals surface area contributed by atoms with E-state index >= 15 is 0 Å². The van der Waals surface area contributed by atoms with Crippen molar-refractivity contribution in [1.29, 1.82) is 0 Å². The van der Waals surface area contributed by atoms with Gasteiger partial charge in [0.1, 0.15) is 6.10 Å². The molecule has 1 amide bonds. The van der Waals surface area contributed by atoms with Crippen molar-refractivity contribution in [3.8, 4) is 0 Å². The number of hydrogen-bond acceptors (Lipinski definition) is 4. The van der Waals surface area contributed by atoms with Crippen molar-refractivity contribution in [2.24, 2.45) is 5.73 Å². The summed E-state index contributed by atoms with van der Waals surface area (Å²) in [4.78, 5) is 14.2. The van der Waals surface area contributed by atoms with Crippen LogP contribution in [0.15, 0.2) is 0 Å². The molecule has 4 atom stereocenters. The molecule has 2 fully saturated rings. The maximum absolute atomic E-state index is 12.3. The fourth-order valence-corrected chi connectivity index (χ4v) is 2.44. The summed E-state index contributed by atoms with van der Waals surface area (Å²) in [5, 5.41) is 0. The molecule has 2 rings (SSSR count). The van der Waals surface area contributed by atoms with Gasteiger partial charge in [-0.15, -0.1) is 0 Å². The van der Waals surface area contributed by atoms with E-state index in [-0.39, 0.29) is 30.3 Å². The minimum atomic E-state index is -0.260. The van der Waals surface area contributed by atoms with E-state index < -0.39 is 0 Å². The molecule has 0 bridgehead atoms. The third kappa shape index (κ3) is 2.78. The SMILES string of the molecule is CC1CCC(C(=O)N2CC(CN)OCC2C)O1. The van der Waals surface area contributed by atoms with Gasteiger partial charge in [0.15, 0.2) is 0 Å². The minimum Gasteiger partial charge on any atom is -0.373 e. The molecule has 0 aromatic rings. The van der Waals surface area contributed by atoms with E-state index in [0.29, 0.717) is 19.7 Å². The van der Waals surface area contributed by atoms with Crippen molar-refractivity contribution in [2.75, 3.05) is 19.7 Å². The molecule has 0 saturated carbocycles. The van der Waals surface area contributed by atoms with Gasteiger partial charge in [-0.25, -0.2) is 0 Å². The number of rotatable bonds is 2. The molecule has 2 N–H and O–H groups in total. The molecule has 0 aromatic heterocycles. The number of morpholine rings is 1. The Kier molecular flexibility index (Phi) is 4.01. The molecular weight excluding hydrogens is 220 g/mol. The highest BCUT2D eigenvalue weighted by Gasteiger charge is 2.36. The molecule has 2 saturated heterocycles. The Balaban J connectivity index is 1.97. The smallest absolute Gasteiger partial charge is 0.252 e. The number of carbonyl (C=O) groups excluding carboxylic acids is 1. The molecule has 17 heavy (non-hydrogen) atoms. The summed E-state index contributed by atoms with van der Waals surface area (Å²) in [6.07, 6.45) is 1.70. The summed E-state index contributed by atoms with van der Waals surface area (Å²) in [6, 6.07) is 0.116. The van der Waals surface area contributed by atoms with Gasteiger partial charge in [-0.1, -0.05) is 0 Å². The van der Waals surface area contributed by atoms with Crippen LogP contribution in [-0.4, -0.2) is 54.9 Å². The van der Waals surface area contributed by atoms with Gasteiger partial charge in [-0.3, -0.25) is 4.79 Å². The van der Waals surface area contributed by atoms with Crippen molar-refractivity contribution >= 4 is 5.91 Å². The second kappa shape index (κ2) is 5.33. The fourth-order valence-electron chi connectivity index (χ4n) is 2.44. The fraction of sp³-hybridized carbons (Fsp3) is 0.917. The van der Waals surface area contributed by atoms with Crippen LogP contribution in [0.5, 0.6) is 0 Å². The zero-order chi connectivity index (χ0) is 12.4. The highest BCUT2D eigenvalue weighted by Crippen LogP contribution is 2.23. The van der Waals surface area contributed by atoms with E-state index in [1.165, 1.54) is 0 Å². The van der Waals surface area contributed by atoms with E-state index in [9.17, 15) is 4.79 Å². The maximum atomic E-state index is 12.3. The van der Waals surface area contributed by atoms with Gasteiger partial charge in [0.05, 0.1) is 24.9 Å². The molecule has 98 valence electrons. The molecule has 4 unspecified atom stereocenters. The first-order valence-electron chi connectivity index (χ1n) is 6.39. The van der Waals surface area contributed by atoms with Crippen molar-refractivity contribution in [3.05, 3.63) is 0 Å². The third-order valence-electron chi connectivity index (χ3n) is 3.56. The number of nitrogens with two attached hydrogens (primary N) is 1.